The van der Waals surface area contributed by atoms with E-state index in [9.17, 15) is 4.79 Å². The Morgan fingerprint density at radius 2 is 1.94 bits per heavy atom. The van der Waals surface area contributed by atoms with Crippen LogP contribution in [0.2, 0.25) is 0 Å². The summed E-state index contributed by atoms with van der Waals surface area (Å²) in [5, 5.41) is 2.98. The zero-order chi connectivity index (χ0) is 13.4. The fourth-order valence-electron chi connectivity index (χ4n) is 1.99. The third kappa shape index (κ3) is 4.49. The van der Waals surface area contributed by atoms with E-state index in [0.29, 0.717) is 6.54 Å². The van der Waals surface area contributed by atoms with Crippen LogP contribution in [0.5, 0.6) is 0 Å². The second kappa shape index (κ2) is 7.88. The van der Waals surface area contributed by atoms with E-state index >= 15 is 0 Å². The molecule has 3 nitrogen and oxygen atoms in total. The summed E-state index contributed by atoms with van der Waals surface area (Å²) >= 11 is 0. The van der Waals surface area contributed by atoms with Crippen molar-refractivity contribution in [3.8, 4) is 0 Å². The Kier molecular flexibility index (Phi) is 6.44. The lowest BCUT2D eigenvalue weighted by Crippen LogP contribution is -2.35. The number of hydrogen-bond donors (Lipinski definition) is 1. The smallest absolute Gasteiger partial charge is 0.251 e. The van der Waals surface area contributed by atoms with Crippen LogP contribution in [0.3, 0.4) is 0 Å². The number of carbonyl (C=O) groups is 1. The predicted octanol–water partition coefficient (Wildman–Crippen LogP) is 2.46. The van der Waals surface area contributed by atoms with Gasteiger partial charge in [0.05, 0.1) is 0 Å². The molecule has 1 aromatic rings. The summed E-state index contributed by atoms with van der Waals surface area (Å²) in [7, 11) is 0. The number of likely N-dealkylation sites (N-methyl/N-ethyl adjacent to an activating group) is 1. The van der Waals surface area contributed by atoms with Crippen LogP contribution in [-0.4, -0.2) is 37.0 Å². The van der Waals surface area contributed by atoms with Gasteiger partial charge in [-0.2, -0.15) is 0 Å². The summed E-state index contributed by atoms with van der Waals surface area (Å²) in [6, 6.07) is 7.68. The first-order valence-corrected chi connectivity index (χ1v) is 6.75. The third-order valence-electron chi connectivity index (χ3n) is 3.09. The lowest BCUT2D eigenvalue weighted by Gasteiger charge is -2.19. The number of aryl methyl sites for hydroxylation is 1. The lowest BCUT2D eigenvalue weighted by molar-refractivity contribution is 0.0948. The van der Waals surface area contributed by atoms with E-state index in [1.165, 1.54) is 0 Å². The van der Waals surface area contributed by atoms with Crippen molar-refractivity contribution in [2.24, 2.45) is 0 Å². The molecule has 0 aromatic heterocycles. The van der Waals surface area contributed by atoms with Crippen LogP contribution in [-0.2, 0) is 0 Å². The Bertz CT molecular complexity index is 377. The van der Waals surface area contributed by atoms with Crippen LogP contribution in [0.25, 0.3) is 0 Å². The molecule has 0 saturated carbocycles. The summed E-state index contributed by atoms with van der Waals surface area (Å²) in [5.41, 5.74) is 1.80. The Hall–Kier alpha value is -1.35. The van der Waals surface area contributed by atoms with Gasteiger partial charge in [-0.1, -0.05) is 32.0 Å². The van der Waals surface area contributed by atoms with Crippen LogP contribution < -0.4 is 5.32 Å². The van der Waals surface area contributed by atoms with Gasteiger partial charge in [0.2, 0.25) is 0 Å². The number of carbonyl (C=O) groups excluding carboxylic acids is 1. The molecule has 0 fully saturated rings. The highest BCUT2D eigenvalue weighted by Gasteiger charge is 2.07. The number of nitrogens with zero attached hydrogens (tertiary/aromatic N) is 1. The fourth-order valence-corrected chi connectivity index (χ4v) is 1.99. The van der Waals surface area contributed by atoms with Crippen LogP contribution in [0.15, 0.2) is 24.3 Å². The number of nitrogens with one attached hydrogen (secondary N) is 1. The number of benzene rings is 1. The van der Waals surface area contributed by atoms with E-state index in [1.54, 1.807) is 0 Å². The monoisotopic (exact) mass is 248 g/mol. The molecule has 100 valence electrons. The highest BCUT2D eigenvalue weighted by molar-refractivity contribution is 5.95. The molecule has 1 aromatic carbocycles. The summed E-state index contributed by atoms with van der Waals surface area (Å²) in [6.45, 7) is 10.0. The standard InChI is InChI=1S/C15H24N2O/c1-4-11-17(5-2)12-10-16-15(18)14-9-7-6-8-13(14)3/h6-9H,4-5,10-12H2,1-3H3,(H,16,18). The van der Waals surface area contributed by atoms with Gasteiger partial charge in [-0.15, -0.1) is 0 Å². The molecule has 0 atom stereocenters. The average Bonchev–Trinajstić information content (AvgIpc) is 2.38. The van der Waals surface area contributed by atoms with Gasteiger partial charge in [0, 0.05) is 18.7 Å². The third-order valence-corrected chi connectivity index (χ3v) is 3.09. The van der Waals surface area contributed by atoms with E-state index in [2.05, 4.69) is 24.1 Å². The van der Waals surface area contributed by atoms with Crippen LogP contribution >= 0.6 is 0 Å². The maximum atomic E-state index is 12.0. The van der Waals surface area contributed by atoms with Crippen molar-refractivity contribution in [3.05, 3.63) is 35.4 Å². The topological polar surface area (TPSA) is 32.3 Å². The molecule has 0 radical (unpaired) electrons. The molecule has 0 unspecified atom stereocenters. The van der Waals surface area contributed by atoms with Gasteiger partial charge in [-0.25, -0.2) is 0 Å². The lowest BCUT2D eigenvalue weighted by atomic mass is 10.1. The minimum Gasteiger partial charge on any atom is -0.351 e. The fraction of sp³-hybridized carbons (Fsp3) is 0.533. The van der Waals surface area contributed by atoms with Crippen molar-refractivity contribution >= 4 is 5.91 Å². The van der Waals surface area contributed by atoms with Gasteiger partial charge in [0.25, 0.3) is 5.91 Å². The van der Waals surface area contributed by atoms with E-state index in [-0.39, 0.29) is 5.91 Å². The second-order valence-corrected chi connectivity index (χ2v) is 4.51. The van der Waals surface area contributed by atoms with E-state index in [1.807, 2.05) is 31.2 Å². The number of amides is 1. The number of hydrogen-bond acceptors (Lipinski definition) is 2. The molecule has 0 heterocycles. The Morgan fingerprint density at radius 1 is 1.22 bits per heavy atom. The maximum Gasteiger partial charge on any atom is 0.251 e. The molecule has 1 rings (SSSR count). The normalized spacial score (nSPS) is 10.7. The average molecular weight is 248 g/mol. The van der Waals surface area contributed by atoms with Gasteiger partial charge >= 0.3 is 0 Å². The highest BCUT2D eigenvalue weighted by Crippen LogP contribution is 2.06. The summed E-state index contributed by atoms with van der Waals surface area (Å²) in [6.07, 6.45) is 1.15. The van der Waals surface area contributed by atoms with Crippen molar-refractivity contribution in [1.82, 2.24) is 10.2 Å². The van der Waals surface area contributed by atoms with Crippen molar-refractivity contribution in [2.45, 2.75) is 27.2 Å². The summed E-state index contributed by atoms with van der Waals surface area (Å²) in [5.74, 6) is 0.0284. The molecule has 0 aliphatic heterocycles. The maximum absolute atomic E-state index is 12.0. The molecule has 18 heavy (non-hydrogen) atoms. The molecule has 0 bridgehead atoms. The van der Waals surface area contributed by atoms with E-state index in [4.69, 9.17) is 0 Å². The van der Waals surface area contributed by atoms with Crippen molar-refractivity contribution in [2.75, 3.05) is 26.2 Å². The molecular weight excluding hydrogens is 224 g/mol. The predicted molar refractivity (Wildman–Crippen MR) is 75.9 cm³/mol. The van der Waals surface area contributed by atoms with Crippen LogP contribution in [0.4, 0.5) is 0 Å². The molecule has 0 saturated heterocycles. The SMILES string of the molecule is CCCN(CC)CCNC(=O)c1ccccc1C. The molecule has 0 aliphatic carbocycles. The minimum atomic E-state index is 0.0284. The molecule has 1 amide bonds. The van der Waals surface area contributed by atoms with Crippen LogP contribution in [0.1, 0.15) is 36.2 Å². The van der Waals surface area contributed by atoms with Crippen molar-refractivity contribution < 1.29 is 4.79 Å². The molecule has 1 N–H and O–H groups in total. The zero-order valence-corrected chi connectivity index (χ0v) is 11.7. The van der Waals surface area contributed by atoms with E-state index < -0.39 is 0 Å². The number of rotatable bonds is 7. The zero-order valence-electron chi connectivity index (χ0n) is 11.7. The molecule has 0 aliphatic rings. The van der Waals surface area contributed by atoms with E-state index in [0.717, 1.165) is 37.2 Å². The Labute approximate surface area is 110 Å². The molecule has 0 spiro atoms. The van der Waals surface area contributed by atoms with Gasteiger partial charge < -0.3 is 10.2 Å². The second-order valence-electron chi connectivity index (χ2n) is 4.51. The van der Waals surface area contributed by atoms with Gasteiger partial charge in [-0.05, 0) is 38.1 Å². The first-order valence-electron chi connectivity index (χ1n) is 6.75. The van der Waals surface area contributed by atoms with Gasteiger partial charge in [0.15, 0.2) is 0 Å². The Balaban J connectivity index is 2.40. The van der Waals surface area contributed by atoms with Gasteiger partial charge in [0.1, 0.15) is 0 Å². The van der Waals surface area contributed by atoms with Crippen molar-refractivity contribution in [1.29, 1.82) is 0 Å². The Morgan fingerprint density at radius 3 is 2.56 bits per heavy atom. The molecular formula is C15H24N2O. The minimum absolute atomic E-state index is 0.0284. The summed E-state index contributed by atoms with van der Waals surface area (Å²) < 4.78 is 0. The highest BCUT2D eigenvalue weighted by atomic mass is 16.1. The first kappa shape index (κ1) is 14.7. The van der Waals surface area contributed by atoms with Crippen molar-refractivity contribution in [3.63, 3.8) is 0 Å². The van der Waals surface area contributed by atoms with Gasteiger partial charge in [-0.3, -0.25) is 4.79 Å². The first-order chi connectivity index (χ1) is 8.69. The largest absolute Gasteiger partial charge is 0.351 e. The van der Waals surface area contributed by atoms with Crippen LogP contribution in [0, 0.1) is 6.92 Å². The molecule has 3 heteroatoms. The quantitative estimate of drug-likeness (QED) is 0.804. The summed E-state index contributed by atoms with van der Waals surface area (Å²) in [4.78, 5) is 14.3.